The molecule has 0 bridgehead atoms. The van der Waals surface area contributed by atoms with E-state index in [1.165, 1.54) is 6.92 Å². The minimum absolute atomic E-state index is 0.158. The fourth-order valence-corrected chi connectivity index (χ4v) is 6.17. The van der Waals surface area contributed by atoms with Crippen LogP contribution in [0.15, 0.2) is 0 Å². The molecular weight excluding hydrogens is 366 g/mol. The third kappa shape index (κ3) is 5.10. The summed E-state index contributed by atoms with van der Waals surface area (Å²) >= 11 is 0. The third-order valence-electron chi connectivity index (χ3n) is 3.42. The molecule has 0 aliphatic carbocycles. The lowest BCUT2D eigenvalue weighted by Crippen LogP contribution is -2.60. The van der Waals surface area contributed by atoms with E-state index in [4.69, 9.17) is 0 Å². The van der Waals surface area contributed by atoms with Gasteiger partial charge in [-0.15, -0.1) is 0 Å². The van der Waals surface area contributed by atoms with Gasteiger partial charge >= 0.3 is 0 Å². The van der Waals surface area contributed by atoms with Gasteiger partial charge < -0.3 is 0 Å². The Bertz CT molecular complexity index is 657. The van der Waals surface area contributed by atoms with E-state index >= 15 is 0 Å². The lowest BCUT2D eigenvalue weighted by Gasteiger charge is -2.39. The normalized spacial score (nSPS) is 20.0. The maximum Gasteiger partial charge on any atom is 0.216 e. The van der Waals surface area contributed by atoms with Crippen LogP contribution >= 0.6 is 0 Å². The van der Waals surface area contributed by atoms with Gasteiger partial charge in [0.1, 0.15) is 0 Å². The summed E-state index contributed by atoms with van der Waals surface area (Å²) in [4.78, 5) is 0. The van der Waals surface area contributed by atoms with Crippen LogP contribution in [-0.4, -0.2) is 75.4 Å². The van der Waals surface area contributed by atoms with Crippen LogP contribution in [0.2, 0.25) is 0 Å². The van der Waals surface area contributed by atoms with Crippen molar-refractivity contribution in [1.29, 1.82) is 0 Å². The van der Waals surface area contributed by atoms with Crippen LogP contribution in [-0.2, 0) is 30.1 Å². The molecule has 138 valence electrons. The molecule has 0 aromatic rings. The number of nitrogens with zero attached hydrogens (tertiary/aromatic N) is 3. The Morgan fingerprint density at radius 1 is 0.609 bits per heavy atom. The van der Waals surface area contributed by atoms with Crippen LogP contribution < -0.4 is 0 Å². The van der Waals surface area contributed by atoms with E-state index in [1.807, 2.05) is 0 Å². The number of sulfonamides is 3. The fraction of sp³-hybridized carbons (Fsp3) is 1.00. The lowest BCUT2D eigenvalue weighted by atomic mass is 10.6. The second-order valence-electron chi connectivity index (χ2n) is 5.31. The average molecular weight is 392 g/mol. The van der Waals surface area contributed by atoms with Gasteiger partial charge in [0, 0.05) is 0 Å². The number of hydrogen-bond acceptors (Lipinski definition) is 6. The first kappa shape index (κ1) is 20.8. The lowest BCUT2D eigenvalue weighted by molar-refractivity contribution is 0.127. The molecule has 0 aromatic carbocycles. The SMILES string of the molecule is CCCS(=O)(=O)N1CN(S(=O)(=O)CC)CN(S(=O)(=O)CCC)C1. The molecule has 0 radical (unpaired) electrons. The Morgan fingerprint density at radius 2 is 0.913 bits per heavy atom. The summed E-state index contributed by atoms with van der Waals surface area (Å²) in [7, 11) is -11.2. The first-order chi connectivity index (χ1) is 10.5. The van der Waals surface area contributed by atoms with Crippen molar-refractivity contribution in [1.82, 2.24) is 12.9 Å². The standard InChI is InChI=1S/C11H25N3O6S3/c1-4-7-22(17,18)13-9-12(21(15,16)6-3)10-14(11-13)23(19,20)8-5-2/h4-11H2,1-3H3. The van der Waals surface area contributed by atoms with Crippen molar-refractivity contribution in [2.75, 3.05) is 37.3 Å². The molecular formula is C11H25N3O6S3. The molecule has 0 unspecified atom stereocenters. The third-order valence-corrected chi connectivity index (χ3v) is 9.05. The number of rotatable bonds is 8. The van der Waals surface area contributed by atoms with Gasteiger partial charge in [0.15, 0.2) is 0 Å². The molecule has 1 aliphatic heterocycles. The summed E-state index contributed by atoms with van der Waals surface area (Å²) < 4.78 is 76.0. The van der Waals surface area contributed by atoms with Gasteiger partial charge in [-0.1, -0.05) is 13.8 Å². The number of hydrogen-bond donors (Lipinski definition) is 0. The molecule has 1 rings (SSSR count). The molecule has 0 atom stereocenters. The predicted molar refractivity (Wildman–Crippen MR) is 87.7 cm³/mol. The summed E-state index contributed by atoms with van der Waals surface area (Å²) in [6, 6.07) is 0. The Morgan fingerprint density at radius 3 is 1.17 bits per heavy atom. The topological polar surface area (TPSA) is 112 Å². The summed E-state index contributed by atoms with van der Waals surface area (Å²) in [5, 5.41) is 0. The second kappa shape index (κ2) is 7.74. The molecule has 9 nitrogen and oxygen atoms in total. The van der Waals surface area contributed by atoms with Gasteiger partial charge in [-0.05, 0) is 19.8 Å². The molecule has 0 saturated carbocycles. The Kier molecular flexibility index (Phi) is 6.99. The van der Waals surface area contributed by atoms with E-state index < -0.39 is 30.1 Å². The van der Waals surface area contributed by atoms with Gasteiger partial charge in [0.05, 0.1) is 37.3 Å². The Hall–Kier alpha value is -0.270. The minimum Gasteiger partial charge on any atom is -0.212 e. The Balaban J connectivity index is 3.21. The maximum atomic E-state index is 12.3. The van der Waals surface area contributed by atoms with E-state index in [9.17, 15) is 25.3 Å². The first-order valence-corrected chi connectivity index (χ1v) is 12.3. The second-order valence-corrected chi connectivity index (χ2v) is 11.7. The zero-order valence-corrected chi connectivity index (χ0v) is 16.1. The van der Waals surface area contributed by atoms with Crippen molar-refractivity contribution in [3.05, 3.63) is 0 Å². The van der Waals surface area contributed by atoms with Crippen molar-refractivity contribution < 1.29 is 25.3 Å². The molecule has 0 N–H and O–H groups in total. The molecule has 0 amide bonds. The summed E-state index contributed by atoms with van der Waals surface area (Å²) in [6.45, 7) is 3.76. The highest BCUT2D eigenvalue weighted by molar-refractivity contribution is 7.90. The van der Waals surface area contributed by atoms with E-state index in [1.54, 1.807) is 13.8 Å². The van der Waals surface area contributed by atoms with Crippen molar-refractivity contribution >= 4 is 30.1 Å². The fourth-order valence-electron chi connectivity index (χ4n) is 2.15. The van der Waals surface area contributed by atoms with Crippen molar-refractivity contribution in [2.24, 2.45) is 0 Å². The molecule has 12 heteroatoms. The van der Waals surface area contributed by atoms with E-state index in [0.717, 1.165) is 12.9 Å². The van der Waals surface area contributed by atoms with Crippen LogP contribution in [0.4, 0.5) is 0 Å². The molecule has 23 heavy (non-hydrogen) atoms. The Labute approximate surface area is 139 Å². The molecule has 0 aromatic heterocycles. The first-order valence-electron chi connectivity index (χ1n) is 7.43. The van der Waals surface area contributed by atoms with Crippen LogP contribution in [0, 0.1) is 0 Å². The van der Waals surface area contributed by atoms with E-state index in [2.05, 4.69) is 0 Å². The molecule has 1 heterocycles. The van der Waals surface area contributed by atoms with Gasteiger partial charge in [-0.2, -0.15) is 12.9 Å². The molecule has 1 fully saturated rings. The van der Waals surface area contributed by atoms with Gasteiger partial charge in [-0.25, -0.2) is 25.3 Å². The van der Waals surface area contributed by atoms with Gasteiger partial charge in [0.2, 0.25) is 30.1 Å². The van der Waals surface area contributed by atoms with Crippen LogP contribution in [0.5, 0.6) is 0 Å². The molecule has 0 spiro atoms. The monoisotopic (exact) mass is 391 g/mol. The molecule has 1 saturated heterocycles. The highest BCUT2D eigenvalue weighted by atomic mass is 32.2. The van der Waals surface area contributed by atoms with Crippen molar-refractivity contribution in [2.45, 2.75) is 33.6 Å². The summed E-state index contributed by atoms with van der Waals surface area (Å²) in [5.74, 6) is -0.542. The van der Waals surface area contributed by atoms with E-state index in [-0.39, 0.29) is 37.3 Å². The van der Waals surface area contributed by atoms with Crippen molar-refractivity contribution in [3.8, 4) is 0 Å². The zero-order valence-electron chi connectivity index (χ0n) is 13.7. The van der Waals surface area contributed by atoms with Crippen molar-refractivity contribution in [3.63, 3.8) is 0 Å². The largest absolute Gasteiger partial charge is 0.216 e. The van der Waals surface area contributed by atoms with Gasteiger partial charge in [-0.3, -0.25) is 0 Å². The molecule has 1 aliphatic rings. The summed E-state index contributed by atoms with van der Waals surface area (Å²) in [5.41, 5.74) is 0. The summed E-state index contributed by atoms with van der Waals surface area (Å²) in [6.07, 6.45) is 0.724. The zero-order chi connectivity index (χ0) is 17.9. The van der Waals surface area contributed by atoms with Crippen LogP contribution in [0.25, 0.3) is 0 Å². The highest BCUT2D eigenvalue weighted by Gasteiger charge is 2.39. The van der Waals surface area contributed by atoms with E-state index in [0.29, 0.717) is 12.8 Å². The average Bonchev–Trinajstić information content (AvgIpc) is 2.46. The maximum absolute atomic E-state index is 12.3. The predicted octanol–water partition coefficient (Wildman–Crippen LogP) is -0.392. The smallest absolute Gasteiger partial charge is 0.212 e. The quantitative estimate of drug-likeness (QED) is 0.557. The minimum atomic E-state index is -3.72. The highest BCUT2D eigenvalue weighted by Crippen LogP contribution is 2.19. The van der Waals surface area contributed by atoms with Crippen LogP contribution in [0.1, 0.15) is 33.6 Å². The van der Waals surface area contributed by atoms with Crippen LogP contribution in [0.3, 0.4) is 0 Å². The van der Waals surface area contributed by atoms with Gasteiger partial charge in [0.25, 0.3) is 0 Å².